The monoisotopic (exact) mass is 424 g/mol. The number of rotatable bonds is 6. The maximum Gasteiger partial charge on any atom is 0.255 e. The van der Waals surface area contributed by atoms with Gasteiger partial charge in [-0.2, -0.15) is 5.10 Å². The fraction of sp³-hybridized carbons (Fsp3) is 0. The van der Waals surface area contributed by atoms with Gasteiger partial charge in [-0.3, -0.25) is 9.82 Å². The third-order valence-electron chi connectivity index (χ3n) is 4.07. The van der Waals surface area contributed by atoms with Gasteiger partial charge in [-0.15, -0.1) is 0 Å². The molecule has 0 saturated carbocycles. The average Bonchev–Trinajstić information content (AvgIpc) is 3.24. The molecule has 0 atom stereocenters. The van der Waals surface area contributed by atoms with Gasteiger partial charge in [0, 0.05) is 10.8 Å². The van der Waals surface area contributed by atoms with Crippen LogP contribution in [0.5, 0.6) is 5.75 Å². The van der Waals surface area contributed by atoms with Gasteiger partial charge in [-0.1, -0.05) is 54.6 Å². The second-order valence-corrected chi connectivity index (χ2v) is 8.67. The molecule has 9 heteroatoms. The predicted octanol–water partition coefficient (Wildman–Crippen LogP) is 4.23. The Balaban J connectivity index is 1.72. The van der Waals surface area contributed by atoms with Crippen molar-refractivity contribution in [2.75, 3.05) is 4.72 Å². The summed E-state index contributed by atoms with van der Waals surface area (Å²) in [5.41, 5.74) is 1.13. The maximum absolute atomic E-state index is 12.6. The number of sulfonamides is 1. The molecule has 1 heterocycles. The number of fused-ring (bicyclic) bond motifs is 1. The molecule has 7 nitrogen and oxygen atoms in total. The van der Waals surface area contributed by atoms with Crippen LogP contribution in [0, 0.1) is 0 Å². The summed E-state index contributed by atoms with van der Waals surface area (Å²) < 4.78 is 27.9. The first-order valence-electron chi connectivity index (χ1n) is 8.56. The minimum Gasteiger partial charge on any atom is -0.506 e. The number of benzene rings is 3. The van der Waals surface area contributed by atoms with Crippen LogP contribution in [0.2, 0.25) is 0 Å². The molecule has 0 spiro atoms. The quantitative estimate of drug-likeness (QED) is 0.400. The van der Waals surface area contributed by atoms with Crippen LogP contribution in [0.1, 0.15) is 5.56 Å². The van der Waals surface area contributed by atoms with Gasteiger partial charge in [-0.05, 0) is 29.5 Å². The molecule has 0 radical (unpaired) electrons. The van der Waals surface area contributed by atoms with Gasteiger partial charge in [0.15, 0.2) is 5.16 Å². The number of hydrogen-bond donors (Lipinski definition) is 3. The highest BCUT2D eigenvalue weighted by molar-refractivity contribution is 7.99. The lowest BCUT2D eigenvalue weighted by Crippen LogP contribution is -2.09. The van der Waals surface area contributed by atoms with Crippen LogP contribution in [-0.2, 0) is 10.0 Å². The van der Waals surface area contributed by atoms with Crippen molar-refractivity contribution in [2.45, 2.75) is 10.1 Å². The van der Waals surface area contributed by atoms with Crippen molar-refractivity contribution >= 4 is 44.3 Å². The van der Waals surface area contributed by atoms with Crippen LogP contribution < -0.4 is 4.72 Å². The number of phenolic OH excluding ortho intramolecular Hbond substituents is 1. The molecule has 0 fully saturated rings. The van der Waals surface area contributed by atoms with Crippen molar-refractivity contribution in [3.63, 3.8) is 0 Å². The lowest BCUT2D eigenvalue weighted by atomic mass is 10.1. The highest BCUT2D eigenvalue weighted by Gasteiger charge is 2.16. The minimum atomic E-state index is -3.77. The summed E-state index contributed by atoms with van der Waals surface area (Å²) in [6.07, 6.45) is 2.88. The van der Waals surface area contributed by atoms with E-state index in [4.69, 9.17) is 0 Å². The van der Waals surface area contributed by atoms with E-state index in [0.717, 1.165) is 22.7 Å². The standard InChI is InChI=1S/C20H16N4O3S2/c25-19-16-9-5-4-8-15(16)17(12-18(19)28-20-21-13-22-23-20)24-29(26,27)11-10-14-6-2-1-3-7-14/h1-13,24-25H,(H,21,22,23). The number of phenols is 1. The van der Waals surface area contributed by atoms with Gasteiger partial charge in [0.2, 0.25) is 0 Å². The second-order valence-electron chi connectivity index (χ2n) is 6.07. The molecule has 29 heavy (non-hydrogen) atoms. The van der Waals surface area contributed by atoms with Crippen molar-refractivity contribution < 1.29 is 13.5 Å². The van der Waals surface area contributed by atoms with E-state index in [2.05, 4.69) is 19.9 Å². The van der Waals surface area contributed by atoms with Gasteiger partial charge >= 0.3 is 0 Å². The average molecular weight is 425 g/mol. The number of anilines is 1. The Bertz CT molecular complexity index is 1270. The first-order chi connectivity index (χ1) is 14.0. The Morgan fingerprint density at radius 3 is 2.48 bits per heavy atom. The largest absolute Gasteiger partial charge is 0.506 e. The van der Waals surface area contributed by atoms with Crippen LogP contribution in [0.4, 0.5) is 5.69 Å². The van der Waals surface area contributed by atoms with Crippen molar-refractivity contribution in [3.05, 3.63) is 78.0 Å². The maximum atomic E-state index is 12.6. The van der Waals surface area contributed by atoms with Crippen LogP contribution in [0.25, 0.3) is 16.8 Å². The summed E-state index contributed by atoms with van der Waals surface area (Å²) in [6, 6.07) is 17.8. The number of nitrogens with zero attached hydrogens (tertiary/aromatic N) is 2. The summed E-state index contributed by atoms with van der Waals surface area (Å²) in [6.45, 7) is 0. The molecule has 0 aliphatic heterocycles. The van der Waals surface area contributed by atoms with Crippen LogP contribution in [0.15, 0.2) is 82.5 Å². The molecular weight excluding hydrogens is 408 g/mol. The molecule has 146 valence electrons. The van der Waals surface area contributed by atoms with Crippen molar-refractivity contribution in [1.82, 2.24) is 15.2 Å². The van der Waals surface area contributed by atoms with E-state index >= 15 is 0 Å². The van der Waals surface area contributed by atoms with E-state index in [-0.39, 0.29) is 5.75 Å². The van der Waals surface area contributed by atoms with Crippen molar-refractivity contribution in [1.29, 1.82) is 0 Å². The lowest BCUT2D eigenvalue weighted by Gasteiger charge is -2.13. The Morgan fingerprint density at radius 1 is 1.03 bits per heavy atom. The van der Waals surface area contributed by atoms with Crippen molar-refractivity contribution in [2.24, 2.45) is 0 Å². The molecule has 4 aromatic rings. The first-order valence-corrected chi connectivity index (χ1v) is 10.9. The van der Waals surface area contributed by atoms with E-state index in [1.165, 1.54) is 12.4 Å². The molecule has 0 unspecified atom stereocenters. The van der Waals surface area contributed by atoms with Gasteiger partial charge in [0.05, 0.1) is 16.0 Å². The van der Waals surface area contributed by atoms with E-state index in [0.29, 0.717) is 26.5 Å². The fourth-order valence-electron chi connectivity index (χ4n) is 2.76. The molecule has 0 aliphatic rings. The summed E-state index contributed by atoms with van der Waals surface area (Å²) in [4.78, 5) is 4.48. The Morgan fingerprint density at radius 2 is 1.76 bits per heavy atom. The predicted molar refractivity (Wildman–Crippen MR) is 114 cm³/mol. The summed E-state index contributed by atoms with van der Waals surface area (Å²) >= 11 is 1.15. The molecular formula is C20H16N4O3S2. The highest BCUT2D eigenvalue weighted by atomic mass is 32.2. The number of aromatic hydroxyl groups is 1. The number of aromatic nitrogens is 3. The van der Waals surface area contributed by atoms with Crippen LogP contribution in [0.3, 0.4) is 0 Å². The number of aromatic amines is 1. The molecule has 4 rings (SSSR count). The number of hydrogen-bond acceptors (Lipinski definition) is 6. The first kappa shape index (κ1) is 19.0. The lowest BCUT2D eigenvalue weighted by molar-refractivity contribution is 0.469. The summed E-state index contributed by atoms with van der Waals surface area (Å²) in [7, 11) is -3.77. The number of H-pyrrole nitrogens is 1. The fourth-order valence-corrected chi connectivity index (χ4v) is 4.43. The third kappa shape index (κ3) is 4.41. The van der Waals surface area contributed by atoms with E-state index in [1.807, 2.05) is 30.3 Å². The zero-order valence-electron chi connectivity index (χ0n) is 15.0. The molecule has 1 aromatic heterocycles. The normalized spacial score (nSPS) is 11.9. The third-order valence-corrected chi connectivity index (χ3v) is 5.99. The van der Waals surface area contributed by atoms with Crippen molar-refractivity contribution in [3.8, 4) is 5.75 Å². The topological polar surface area (TPSA) is 108 Å². The zero-order valence-corrected chi connectivity index (χ0v) is 16.6. The minimum absolute atomic E-state index is 0.0461. The molecule has 0 amide bonds. The smallest absolute Gasteiger partial charge is 0.255 e. The van der Waals surface area contributed by atoms with E-state index in [1.54, 1.807) is 30.3 Å². The Hall–Kier alpha value is -3.30. The van der Waals surface area contributed by atoms with E-state index in [9.17, 15) is 13.5 Å². The van der Waals surface area contributed by atoms with E-state index < -0.39 is 10.0 Å². The summed E-state index contributed by atoms with van der Waals surface area (Å²) in [5, 5.41) is 19.9. The molecule has 0 bridgehead atoms. The number of nitrogens with one attached hydrogen (secondary N) is 2. The van der Waals surface area contributed by atoms with Gasteiger partial charge in [-0.25, -0.2) is 13.4 Å². The zero-order chi connectivity index (χ0) is 20.3. The molecule has 0 saturated heterocycles. The Labute approximate surface area is 171 Å². The molecule has 0 aliphatic carbocycles. The van der Waals surface area contributed by atoms with Gasteiger partial charge < -0.3 is 5.11 Å². The van der Waals surface area contributed by atoms with Crippen LogP contribution >= 0.6 is 11.8 Å². The van der Waals surface area contributed by atoms with Gasteiger partial charge in [0.25, 0.3) is 10.0 Å². The highest BCUT2D eigenvalue weighted by Crippen LogP contribution is 2.41. The Kier molecular flexibility index (Phi) is 5.24. The molecule has 3 N–H and O–H groups in total. The SMILES string of the molecule is O=S(=O)(C=Cc1ccccc1)Nc1cc(Sc2ncn[nH]2)c(O)c2ccccc12. The second kappa shape index (κ2) is 7.98. The molecule has 3 aromatic carbocycles. The van der Waals surface area contributed by atoms with Crippen LogP contribution in [-0.4, -0.2) is 28.7 Å². The summed E-state index contributed by atoms with van der Waals surface area (Å²) in [5.74, 6) is 0.0461. The van der Waals surface area contributed by atoms with Gasteiger partial charge in [0.1, 0.15) is 12.1 Å².